The molecular formula is C10H21N5O2. The maximum atomic E-state index is 9.73. The molecule has 7 nitrogen and oxygen atoms in total. The van der Waals surface area contributed by atoms with Crippen molar-refractivity contribution in [3.63, 3.8) is 0 Å². The zero-order chi connectivity index (χ0) is 13.3. The first-order valence-corrected chi connectivity index (χ1v) is 5.85. The van der Waals surface area contributed by atoms with Crippen molar-refractivity contribution in [3.05, 3.63) is 16.3 Å². The Kier molecular flexibility index (Phi) is 7.04. The lowest BCUT2D eigenvalue weighted by atomic mass is 10.3. The molecule has 1 aromatic rings. The fourth-order valence-electron chi connectivity index (χ4n) is 1.60. The SMILES string of the molecule is CC[N+](CC)(CC)CC.O=[N+]([O-])c1cn[n-]n1. The molecule has 0 fully saturated rings. The average Bonchev–Trinajstić information content (AvgIpc) is 2.87. The Morgan fingerprint density at radius 2 is 1.71 bits per heavy atom. The number of hydrogen-bond donors (Lipinski definition) is 0. The van der Waals surface area contributed by atoms with Gasteiger partial charge in [-0.25, -0.2) is 0 Å². The summed E-state index contributed by atoms with van der Waals surface area (Å²) in [4.78, 5) is 9.07. The summed E-state index contributed by atoms with van der Waals surface area (Å²) in [7, 11) is 0. The second-order valence-electron chi connectivity index (χ2n) is 3.66. The normalized spacial score (nSPS) is 10.6. The van der Waals surface area contributed by atoms with Crippen LogP contribution in [0.4, 0.5) is 5.82 Å². The first kappa shape index (κ1) is 15.5. The van der Waals surface area contributed by atoms with Crippen LogP contribution in [0.15, 0.2) is 6.20 Å². The average molecular weight is 243 g/mol. The van der Waals surface area contributed by atoms with Gasteiger partial charge in [0.2, 0.25) is 0 Å². The Labute approximate surface area is 102 Å². The first-order chi connectivity index (χ1) is 8.05. The Morgan fingerprint density at radius 3 is 1.82 bits per heavy atom. The molecule has 0 saturated carbocycles. The van der Waals surface area contributed by atoms with E-state index in [2.05, 4.69) is 43.1 Å². The molecule has 17 heavy (non-hydrogen) atoms. The molecule has 0 aromatic carbocycles. The van der Waals surface area contributed by atoms with Crippen molar-refractivity contribution in [2.45, 2.75) is 27.7 Å². The molecule has 0 unspecified atom stereocenters. The van der Waals surface area contributed by atoms with Gasteiger partial charge >= 0.3 is 5.82 Å². The van der Waals surface area contributed by atoms with Gasteiger partial charge in [0.1, 0.15) is 6.20 Å². The van der Waals surface area contributed by atoms with Gasteiger partial charge < -0.3 is 24.9 Å². The lowest BCUT2D eigenvalue weighted by Gasteiger charge is -2.34. The topological polar surface area (TPSA) is 83.0 Å². The molecule has 0 saturated heterocycles. The van der Waals surface area contributed by atoms with Gasteiger partial charge in [-0.15, -0.1) is 5.10 Å². The standard InChI is InChI=1S/C8H20N.C2HN4O2/c1-5-9(6-2,7-3)8-4;7-6(8)2-1-3-5-4-2/h5-8H2,1-4H3;1H/q+1;-1. The number of aromatic nitrogens is 3. The maximum absolute atomic E-state index is 9.73. The van der Waals surface area contributed by atoms with Crippen molar-refractivity contribution >= 4 is 5.82 Å². The van der Waals surface area contributed by atoms with Gasteiger partial charge in [-0.2, -0.15) is 0 Å². The molecule has 0 spiro atoms. The Balaban J connectivity index is 0.000000302. The highest BCUT2D eigenvalue weighted by atomic mass is 16.6. The van der Waals surface area contributed by atoms with E-state index in [9.17, 15) is 10.1 Å². The third-order valence-electron chi connectivity index (χ3n) is 3.24. The van der Waals surface area contributed by atoms with Gasteiger partial charge in [-0.1, -0.05) is 0 Å². The molecular weight excluding hydrogens is 222 g/mol. The van der Waals surface area contributed by atoms with Gasteiger partial charge in [-0.05, 0) is 32.6 Å². The summed E-state index contributed by atoms with van der Waals surface area (Å²) in [5, 5.41) is 18.9. The summed E-state index contributed by atoms with van der Waals surface area (Å²) in [6.07, 6.45) is 0.986. The van der Waals surface area contributed by atoms with Crippen molar-refractivity contribution in [1.29, 1.82) is 0 Å². The van der Waals surface area contributed by atoms with Crippen LogP contribution in [-0.4, -0.2) is 45.8 Å². The van der Waals surface area contributed by atoms with Crippen LogP contribution < -0.4 is 5.21 Å². The van der Waals surface area contributed by atoms with Crippen molar-refractivity contribution in [3.8, 4) is 0 Å². The molecule has 1 heterocycles. The van der Waals surface area contributed by atoms with Crippen LogP contribution >= 0.6 is 0 Å². The molecule has 7 heteroatoms. The molecule has 0 amide bonds. The molecule has 0 aliphatic carbocycles. The van der Waals surface area contributed by atoms with Gasteiger partial charge in [0.15, 0.2) is 0 Å². The Bertz CT molecular complexity index is 291. The zero-order valence-corrected chi connectivity index (χ0v) is 11.0. The van der Waals surface area contributed by atoms with Crippen molar-refractivity contribution < 1.29 is 9.41 Å². The maximum Gasteiger partial charge on any atom is 0.366 e. The Morgan fingerprint density at radius 1 is 1.24 bits per heavy atom. The smallest absolute Gasteiger partial charge is 0.366 e. The van der Waals surface area contributed by atoms with Gasteiger partial charge in [0.05, 0.1) is 26.2 Å². The number of nitrogens with zero attached hydrogens (tertiary/aromatic N) is 5. The van der Waals surface area contributed by atoms with Crippen molar-refractivity contribution in [2.24, 2.45) is 0 Å². The third-order valence-corrected chi connectivity index (χ3v) is 3.24. The van der Waals surface area contributed by atoms with Crippen LogP contribution in [0.25, 0.3) is 0 Å². The highest BCUT2D eigenvalue weighted by Gasteiger charge is 2.16. The minimum atomic E-state index is -0.653. The van der Waals surface area contributed by atoms with E-state index in [1.807, 2.05) is 0 Å². The van der Waals surface area contributed by atoms with Gasteiger partial charge in [0.25, 0.3) is 0 Å². The van der Waals surface area contributed by atoms with Crippen LogP contribution in [0, 0.1) is 10.1 Å². The summed E-state index contributed by atoms with van der Waals surface area (Å²) in [6, 6.07) is 0. The highest BCUT2D eigenvalue weighted by Crippen LogP contribution is 2.03. The molecule has 98 valence electrons. The van der Waals surface area contributed by atoms with E-state index in [0.29, 0.717) is 0 Å². The minimum absolute atomic E-state index is 0.315. The van der Waals surface area contributed by atoms with Crippen LogP contribution in [0.5, 0.6) is 0 Å². The summed E-state index contributed by atoms with van der Waals surface area (Å²) in [5.74, 6) is -0.315. The monoisotopic (exact) mass is 243 g/mol. The molecule has 0 aliphatic heterocycles. The summed E-state index contributed by atoms with van der Waals surface area (Å²) in [5.41, 5.74) is 0. The van der Waals surface area contributed by atoms with Gasteiger partial charge in [-0.3, -0.25) is 0 Å². The molecule has 0 atom stereocenters. The van der Waals surface area contributed by atoms with E-state index in [1.165, 1.54) is 30.7 Å². The van der Waals surface area contributed by atoms with Crippen LogP contribution in [0.3, 0.4) is 0 Å². The fourth-order valence-corrected chi connectivity index (χ4v) is 1.60. The van der Waals surface area contributed by atoms with E-state index < -0.39 is 4.92 Å². The van der Waals surface area contributed by atoms with Crippen LogP contribution in [-0.2, 0) is 0 Å². The number of quaternary nitrogens is 1. The van der Waals surface area contributed by atoms with Crippen LogP contribution in [0.1, 0.15) is 27.7 Å². The minimum Gasteiger partial charge on any atom is -0.372 e. The van der Waals surface area contributed by atoms with E-state index in [0.717, 1.165) is 6.20 Å². The summed E-state index contributed by atoms with van der Waals surface area (Å²) in [6.45, 7) is 14.2. The molecule has 1 aromatic heterocycles. The second-order valence-corrected chi connectivity index (χ2v) is 3.66. The van der Waals surface area contributed by atoms with E-state index in [4.69, 9.17) is 0 Å². The second kappa shape index (κ2) is 7.72. The molecule has 1 rings (SSSR count). The predicted molar refractivity (Wildman–Crippen MR) is 64.4 cm³/mol. The molecule has 0 aliphatic rings. The summed E-state index contributed by atoms with van der Waals surface area (Å²) >= 11 is 0. The van der Waals surface area contributed by atoms with Crippen molar-refractivity contribution in [2.75, 3.05) is 26.2 Å². The number of hydrogen-bond acceptors (Lipinski definition) is 4. The molecule has 0 bridgehead atoms. The first-order valence-electron chi connectivity index (χ1n) is 5.85. The van der Waals surface area contributed by atoms with E-state index >= 15 is 0 Å². The predicted octanol–water partition coefficient (Wildman–Crippen LogP) is 1.22. The third kappa shape index (κ3) is 4.90. The number of rotatable bonds is 5. The largest absolute Gasteiger partial charge is 0.372 e. The summed E-state index contributed by atoms with van der Waals surface area (Å²) < 4.78 is 1.28. The van der Waals surface area contributed by atoms with E-state index in [1.54, 1.807) is 0 Å². The van der Waals surface area contributed by atoms with Gasteiger partial charge in [0, 0.05) is 0 Å². The van der Waals surface area contributed by atoms with Crippen molar-refractivity contribution in [1.82, 2.24) is 15.4 Å². The number of nitro groups is 1. The van der Waals surface area contributed by atoms with Crippen LogP contribution in [0.2, 0.25) is 0 Å². The fraction of sp³-hybridized carbons (Fsp3) is 0.800. The molecule has 0 radical (unpaired) electrons. The van der Waals surface area contributed by atoms with E-state index in [-0.39, 0.29) is 5.82 Å². The highest BCUT2D eigenvalue weighted by molar-refractivity contribution is 5.06. The molecule has 0 N–H and O–H groups in total. The lowest BCUT2D eigenvalue weighted by molar-refractivity contribution is -0.921. The Hall–Kier alpha value is -1.50. The quantitative estimate of drug-likeness (QED) is 0.441. The zero-order valence-electron chi connectivity index (χ0n) is 11.0. The lowest BCUT2D eigenvalue weighted by Crippen LogP contribution is -2.47.